The first-order valence-corrected chi connectivity index (χ1v) is 7.49. The van der Waals surface area contributed by atoms with Gasteiger partial charge in [-0.3, -0.25) is 4.79 Å². The molecule has 0 unspecified atom stereocenters. The molecule has 0 fully saturated rings. The Morgan fingerprint density at radius 1 is 1.05 bits per heavy atom. The molecule has 0 aliphatic carbocycles. The summed E-state index contributed by atoms with van der Waals surface area (Å²) in [6.45, 7) is 4.38. The van der Waals surface area contributed by atoms with Crippen LogP contribution in [0.2, 0.25) is 0 Å². The second kappa shape index (κ2) is 8.97. The molecule has 1 N–H and O–H groups in total. The SMILES string of the molecule is CC(C)CCCCCC(=O)O.O=C1OC(=O)c2ccccc21. The number of hydrogen-bond donors (Lipinski definition) is 1. The van der Waals surface area contributed by atoms with Crippen LogP contribution in [0.1, 0.15) is 66.7 Å². The quantitative estimate of drug-likeness (QED) is 0.492. The van der Waals surface area contributed by atoms with Crippen molar-refractivity contribution in [2.24, 2.45) is 5.92 Å². The first kappa shape index (κ1) is 17.9. The van der Waals surface area contributed by atoms with Crippen LogP contribution in [0.3, 0.4) is 0 Å². The van der Waals surface area contributed by atoms with Crippen molar-refractivity contribution in [1.82, 2.24) is 0 Å². The fraction of sp³-hybridized carbons (Fsp3) is 0.471. The summed E-state index contributed by atoms with van der Waals surface area (Å²) in [6.07, 6.45) is 4.62. The Morgan fingerprint density at radius 3 is 2.05 bits per heavy atom. The van der Waals surface area contributed by atoms with Crippen molar-refractivity contribution in [3.8, 4) is 0 Å². The lowest BCUT2D eigenvalue weighted by Gasteiger charge is -2.02. The van der Waals surface area contributed by atoms with Crippen LogP contribution in [-0.4, -0.2) is 23.0 Å². The zero-order chi connectivity index (χ0) is 16.5. The third-order valence-corrected chi connectivity index (χ3v) is 3.22. The number of carboxylic acid groups (broad SMARTS) is 1. The standard InChI is InChI=1S/C9H18O2.C8H4O3/c1-8(2)6-4-3-5-7-9(10)11;9-7-5-3-1-2-4-6(5)8(10)11-7/h8H,3-7H2,1-2H3,(H,10,11);1-4H. The molecule has 1 aliphatic rings. The molecule has 0 amide bonds. The summed E-state index contributed by atoms with van der Waals surface area (Å²) in [7, 11) is 0. The average molecular weight is 306 g/mol. The van der Waals surface area contributed by atoms with E-state index in [4.69, 9.17) is 5.11 Å². The van der Waals surface area contributed by atoms with Crippen molar-refractivity contribution in [2.75, 3.05) is 0 Å². The lowest BCUT2D eigenvalue weighted by molar-refractivity contribution is -0.137. The first-order chi connectivity index (χ1) is 10.4. The maximum Gasteiger partial charge on any atom is 0.346 e. The summed E-state index contributed by atoms with van der Waals surface area (Å²) in [5, 5.41) is 8.32. The maximum absolute atomic E-state index is 10.8. The van der Waals surface area contributed by atoms with Crippen molar-refractivity contribution >= 4 is 17.9 Å². The number of unbranched alkanes of at least 4 members (excludes halogenated alkanes) is 2. The van der Waals surface area contributed by atoms with Gasteiger partial charge in [0.2, 0.25) is 0 Å². The van der Waals surface area contributed by atoms with Gasteiger partial charge in [0, 0.05) is 6.42 Å². The number of esters is 2. The molecule has 22 heavy (non-hydrogen) atoms. The smallest absolute Gasteiger partial charge is 0.346 e. The molecule has 0 radical (unpaired) electrons. The summed E-state index contributed by atoms with van der Waals surface area (Å²) < 4.78 is 4.35. The van der Waals surface area contributed by atoms with Gasteiger partial charge in [-0.05, 0) is 24.5 Å². The fourth-order valence-electron chi connectivity index (χ4n) is 2.04. The van der Waals surface area contributed by atoms with Crippen molar-refractivity contribution in [3.63, 3.8) is 0 Å². The molecule has 0 saturated heterocycles. The van der Waals surface area contributed by atoms with Gasteiger partial charge in [-0.25, -0.2) is 9.59 Å². The van der Waals surface area contributed by atoms with Crippen LogP contribution in [0, 0.1) is 5.92 Å². The highest BCUT2D eigenvalue weighted by Crippen LogP contribution is 2.18. The third-order valence-electron chi connectivity index (χ3n) is 3.22. The van der Waals surface area contributed by atoms with Crippen LogP contribution >= 0.6 is 0 Å². The second-order valence-corrected chi connectivity index (χ2v) is 5.61. The largest absolute Gasteiger partial charge is 0.481 e. The summed E-state index contributed by atoms with van der Waals surface area (Å²) >= 11 is 0. The number of cyclic esters (lactones) is 2. The maximum atomic E-state index is 10.8. The summed E-state index contributed by atoms with van der Waals surface area (Å²) in [4.78, 5) is 31.8. The van der Waals surface area contributed by atoms with Gasteiger partial charge in [0.05, 0.1) is 11.1 Å². The molecular formula is C17H22O5. The first-order valence-electron chi connectivity index (χ1n) is 7.49. The van der Waals surface area contributed by atoms with E-state index < -0.39 is 17.9 Å². The number of ether oxygens (including phenoxy) is 1. The predicted molar refractivity (Wildman–Crippen MR) is 81.7 cm³/mol. The van der Waals surface area contributed by atoms with Crippen molar-refractivity contribution in [2.45, 2.75) is 46.0 Å². The van der Waals surface area contributed by atoms with E-state index in [2.05, 4.69) is 18.6 Å². The molecule has 0 saturated carbocycles. The summed E-state index contributed by atoms with van der Waals surface area (Å²) in [5.74, 6) is -1.02. The molecule has 0 bridgehead atoms. The van der Waals surface area contributed by atoms with Crippen LogP contribution in [0.25, 0.3) is 0 Å². The molecule has 1 heterocycles. The van der Waals surface area contributed by atoms with Gasteiger partial charge in [-0.15, -0.1) is 0 Å². The lowest BCUT2D eigenvalue weighted by Crippen LogP contribution is -1.96. The Labute approximate surface area is 130 Å². The molecule has 1 aromatic carbocycles. The van der Waals surface area contributed by atoms with E-state index in [1.807, 2.05) is 0 Å². The number of fused-ring (bicyclic) bond motifs is 1. The minimum absolute atomic E-state index is 0.331. The van der Waals surface area contributed by atoms with Crippen LogP contribution < -0.4 is 0 Å². The predicted octanol–water partition coefficient (Wildman–Crippen LogP) is 3.67. The topological polar surface area (TPSA) is 80.7 Å². The van der Waals surface area contributed by atoms with Gasteiger partial charge in [-0.1, -0.05) is 45.2 Å². The molecule has 1 aromatic rings. The van der Waals surface area contributed by atoms with E-state index >= 15 is 0 Å². The van der Waals surface area contributed by atoms with Crippen LogP contribution in [0.15, 0.2) is 24.3 Å². The molecule has 0 atom stereocenters. The van der Waals surface area contributed by atoms with Gasteiger partial charge < -0.3 is 9.84 Å². The van der Waals surface area contributed by atoms with Crippen molar-refractivity contribution in [1.29, 1.82) is 0 Å². The molecule has 5 heteroatoms. The summed E-state index contributed by atoms with van der Waals surface area (Å²) in [6, 6.07) is 6.53. The van der Waals surface area contributed by atoms with E-state index in [-0.39, 0.29) is 0 Å². The van der Waals surface area contributed by atoms with Crippen molar-refractivity contribution < 1.29 is 24.2 Å². The Kier molecular flexibility index (Phi) is 7.29. The van der Waals surface area contributed by atoms with Crippen molar-refractivity contribution in [3.05, 3.63) is 35.4 Å². The number of carbonyl (C=O) groups excluding carboxylic acids is 2. The minimum atomic E-state index is -0.672. The average Bonchev–Trinajstić information content (AvgIpc) is 2.74. The molecular weight excluding hydrogens is 284 g/mol. The highest BCUT2D eigenvalue weighted by molar-refractivity contribution is 6.14. The molecule has 2 rings (SSSR count). The monoisotopic (exact) mass is 306 g/mol. The van der Waals surface area contributed by atoms with Gasteiger partial charge in [0.25, 0.3) is 0 Å². The Balaban J connectivity index is 0.000000220. The number of hydrogen-bond acceptors (Lipinski definition) is 4. The van der Waals surface area contributed by atoms with Crippen LogP contribution in [0.4, 0.5) is 0 Å². The third kappa shape index (κ3) is 6.08. The minimum Gasteiger partial charge on any atom is -0.481 e. The fourth-order valence-corrected chi connectivity index (χ4v) is 2.04. The van der Waals surface area contributed by atoms with E-state index in [0.29, 0.717) is 17.5 Å². The molecule has 120 valence electrons. The van der Waals surface area contributed by atoms with E-state index in [9.17, 15) is 14.4 Å². The van der Waals surface area contributed by atoms with E-state index in [0.717, 1.165) is 18.8 Å². The Morgan fingerprint density at radius 2 is 1.59 bits per heavy atom. The molecule has 1 aliphatic heterocycles. The van der Waals surface area contributed by atoms with E-state index in [1.54, 1.807) is 24.3 Å². The Hall–Kier alpha value is -2.17. The lowest BCUT2D eigenvalue weighted by atomic mass is 10.0. The second-order valence-electron chi connectivity index (χ2n) is 5.61. The van der Waals surface area contributed by atoms with Crippen LogP contribution in [0.5, 0.6) is 0 Å². The molecule has 5 nitrogen and oxygen atoms in total. The zero-order valence-corrected chi connectivity index (χ0v) is 13.0. The van der Waals surface area contributed by atoms with Gasteiger partial charge in [0.1, 0.15) is 0 Å². The zero-order valence-electron chi connectivity index (χ0n) is 13.0. The van der Waals surface area contributed by atoms with Gasteiger partial charge >= 0.3 is 17.9 Å². The van der Waals surface area contributed by atoms with E-state index in [1.165, 1.54) is 12.8 Å². The van der Waals surface area contributed by atoms with Crippen LogP contribution in [-0.2, 0) is 9.53 Å². The Bertz CT molecular complexity index is 501. The normalized spacial score (nSPS) is 12.5. The number of benzene rings is 1. The number of carbonyl (C=O) groups is 3. The number of aliphatic carboxylic acids is 1. The highest BCUT2D eigenvalue weighted by Gasteiger charge is 2.28. The number of rotatable bonds is 6. The number of carboxylic acids is 1. The molecule has 0 aromatic heterocycles. The van der Waals surface area contributed by atoms with Gasteiger partial charge in [-0.2, -0.15) is 0 Å². The molecule has 0 spiro atoms. The summed E-state index contributed by atoms with van der Waals surface area (Å²) in [5.41, 5.74) is 0.718. The highest BCUT2D eigenvalue weighted by atomic mass is 16.6. The van der Waals surface area contributed by atoms with Gasteiger partial charge in [0.15, 0.2) is 0 Å².